The second kappa shape index (κ2) is 5.58. The summed E-state index contributed by atoms with van der Waals surface area (Å²) in [6.07, 6.45) is 0. The Balaban J connectivity index is 2.16. The molecule has 1 aromatic heterocycles. The van der Waals surface area contributed by atoms with Crippen LogP contribution in [0.15, 0.2) is 34.8 Å². The molecule has 0 saturated heterocycles. The van der Waals surface area contributed by atoms with E-state index in [2.05, 4.69) is 25.9 Å². The van der Waals surface area contributed by atoms with E-state index >= 15 is 0 Å². The van der Waals surface area contributed by atoms with Crippen LogP contribution in [0.1, 0.15) is 0 Å². The molecule has 0 aliphatic rings. The molecule has 108 valence electrons. The molecular formula is C15H12BrClN2O2. The number of methoxy groups -OCH3 is 2. The molecule has 0 aliphatic heterocycles. The van der Waals surface area contributed by atoms with Crippen molar-refractivity contribution in [2.75, 3.05) is 14.2 Å². The molecule has 4 nitrogen and oxygen atoms in total. The van der Waals surface area contributed by atoms with E-state index in [1.807, 2.05) is 30.3 Å². The first kappa shape index (κ1) is 14.2. The number of rotatable bonds is 3. The van der Waals surface area contributed by atoms with Crippen LogP contribution in [0.5, 0.6) is 11.5 Å². The SMILES string of the molecule is COc1cc2nc(-c3cc(Cl)cc(Br)c3)[nH]c2cc1OC. The molecule has 0 fully saturated rings. The molecule has 21 heavy (non-hydrogen) atoms. The summed E-state index contributed by atoms with van der Waals surface area (Å²) in [5.41, 5.74) is 2.58. The van der Waals surface area contributed by atoms with Gasteiger partial charge in [-0.3, -0.25) is 0 Å². The zero-order valence-corrected chi connectivity index (χ0v) is 13.7. The van der Waals surface area contributed by atoms with Gasteiger partial charge in [-0.1, -0.05) is 27.5 Å². The largest absolute Gasteiger partial charge is 0.493 e. The summed E-state index contributed by atoms with van der Waals surface area (Å²) in [4.78, 5) is 7.84. The molecule has 1 N–H and O–H groups in total. The number of imidazole rings is 1. The van der Waals surface area contributed by atoms with E-state index in [4.69, 9.17) is 21.1 Å². The number of fused-ring (bicyclic) bond motifs is 1. The highest BCUT2D eigenvalue weighted by molar-refractivity contribution is 9.10. The van der Waals surface area contributed by atoms with Crippen molar-refractivity contribution in [3.63, 3.8) is 0 Å². The molecule has 0 atom stereocenters. The molecule has 0 amide bonds. The highest BCUT2D eigenvalue weighted by Crippen LogP contribution is 2.33. The summed E-state index contributed by atoms with van der Waals surface area (Å²) in [5.74, 6) is 2.05. The molecule has 2 aromatic carbocycles. The lowest BCUT2D eigenvalue weighted by atomic mass is 10.2. The standard InChI is InChI=1S/C15H12BrClN2O2/c1-20-13-6-11-12(7-14(13)21-2)19-15(18-11)8-3-9(16)5-10(17)4-8/h3-7H,1-2H3,(H,18,19). The van der Waals surface area contributed by atoms with E-state index in [-0.39, 0.29) is 0 Å². The Morgan fingerprint density at radius 1 is 1.05 bits per heavy atom. The molecule has 1 heterocycles. The molecule has 6 heteroatoms. The zero-order valence-electron chi connectivity index (χ0n) is 11.4. The molecule has 0 unspecified atom stereocenters. The van der Waals surface area contributed by atoms with Crippen molar-refractivity contribution in [1.82, 2.24) is 9.97 Å². The van der Waals surface area contributed by atoms with Crippen LogP contribution >= 0.6 is 27.5 Å². The molecule has 0 radical (unpaired) electrons. The second-order valence-corrected chi connectivity index (χ2v) is 5.82. The lowest BCUT2D eigenvalue weighted by Crippen LogP contribution is -1.89. The summed E-state index contributed by atoms with van der Waals surface area (Å²) in [5, 5.41) is 0.648. The van der Waals surface area contributed by atoms with E-state index < -0.39 is 0 Å². The van der Waals surface area contributed by atoms with Gasteiger partial charge in [-0.2, -0.15) is 0 Å². The summed E-state index contributed by atoms with van der Waals surface area (Å²) in [6, 6.07) is 9.36. The first-order valence-corrected chi connectivity index (χ1v) is 7.36. The Hall–Kier alpha value is -1.72. The van der Waals surface area contributed by atoms with Crippen LogP contribution in [-0.2, 0) is 0 Å². The van der Waals surface area contributed by atoms with Gasteiger partial charge in [0.1, 0.15) is 5.82 Å². The molecule has 0 spiro atoms. The molecule has 3 rings (SSSR count). The predicted octanol–water partition coefficient (Wildman–Crippen LogP) is 4.66. The van der Waals surface area contributed by atoms with Crippen molar-refractivity contribution < 1.29 is 9.47 Å². The number of nitrogens with one attached hydrogen (secondary N) is 1. The van der Waals surface area contributed by atoms with Gasteiger partial charge < -0.3 is 14.5 Å². The van der Waals surface area contributed by atoms with Gasteiger partial charge in [-0.15, -0.1) is 0 Å². The van der Waals surface area contributed by atoms with Gasteiger partial charge in [0, 0.05) is 27.2 Å². The van der Waals surface area contributed by atoms with Crippen LogP contribution in [-0.4, -0.2) is 24.2 Å². The van der Waals surface area contributed by atoms with Crippen molar-refractivity contribution >= 4 is 38.6 Å². The average Bonchev–Trinajstić information content (AvgIpc) is 2.87. The number of halogens is 2. The highest BCUT2D eigenvalue weighted by Gasteiger charge is 2.11. The highest BCUT2D eigenvalue weighted by atomic mass is 79.9. The number of aromatic nitrogens is 2. The number of H-pyrrole nitrogens is 1. The summed E-state index contributed by atoms with van der Waals surface area (Å²) >= 11 is 9.52. The molecule has 0 saturated carbocycles. The normalized spacial score (nSPS) is 10.9. The predicted molar refractivity (Wildman–Crippen MR) is 87.3 cm³/mol. The van der Waals surface area contributed by atoms with Crippen molar-refractivity contribution in [3.8, 4) is 22.9 Å². The minimum absolute atomic E-state index is 0.648. The minimum atomic E-state index is 0.648. The fourth-order valence-electron chi connectivity index (χ4n) is 2.16. The Morgan fingerprint density at radius 2 is 1.76 bits per heavy atom. The van der Waals surface area contributed by atoms with Crippen molar-refractivity contribution in [1.29, 1.82) is 0 Å². The Morgan fingerprint density at radius 3 is 2.43 bits per heavy atom. The van der Waals surface area contributed by atoms with Crippen LogP contribution < -0.4 is 9.47 Å². The molecule has 0 aliphatic carbocycles. The third-order valence-electron chi connectivity index (χ3n) is 3.12. The molecule has 0 bridgehead atoms. The number of ether oxygens (including phenoxy) is 2. The second-order valence-electron chi connectivity index (χ2n) is 4.47. The monoisotopic (exact) mass is 366 g/mol. The number of hydrogen-bond acceptors (Lipinski definition) is 3. The average molecular weight is 368 g/mol. The van der Waals surface area contributed by atoms with E-state index in [0.29, 0.717) is 16.5 Å². The van der Waals surface area contributed by atoms with E-state index in [0.717, 1.165) is 26.9 Å². The lowest BCUT2D eigenvalue weighted by Gasteiger charge is -2.06. The number of benzene rings is 2. The van der Waals surface area contributed by atoms with Gasteiger partial charge in [0.25, 0.3) is 0 Å². The third kappa shape index (κ3) is 2.71. The maximum Gasteiger partial charge on any atom is 0.163 e. The number of hydrogen-bond donors (Lipinski definition) is 1. The van der Waals surface area contributed by atoms with Crippen LogP contribution in [0.2, 0.25) is 5.02 Å². The van der Waals surface area contributed by atoms with Crippen molar-refractivity contribution in [2.24, 2.45) is 0 Å². The van der Waals surface area contributed by atoms with Crippen LogP contribution in [0.3, 0.4) is 0 Å². The van der Waals surface area contributed by atoms with Gasteiger partial charge in [-0.05, 0) is 18.2 Å². The summed E-state index contributed by atoms with van der Waals surface area (Å²) in [6.45, 7) is 0. The first-order valence-electron chi connectivity index (χ1n) is 6.19. The lowest BCUT2D eigenvalue weighted by molar-refractivity contribution is 0.356. The minimum Gasteiger partial charge on any atom is -0.493 e. The quantitative estimate of drug-likeness (QED) is 0.732. The maximum atomic E-state index is 6.08. The van der Waals surface area contributed by atoms with E-state index in [9.17, 15) is 0 Å². The molecule has 3 aromatic rings. The Bertz CT molecular complexity index is 756. The first-order chi connectivity index (χ1) is 10.1. The number of aromatic amines is 1. The van der Waals surface area contributed by atoms with Gasteiger partial charge in [0.2, 0.25) is 0 Å². The van der Waals surface area contributed by atoms with E-state index in [1.54, 1.807) is 14.2 Å². The maximum absolute atomic E-state index is 6.08. The van der Waals surface area contributed by atoms with Gasteiger partial charge in [-0.25, -0.2) is 4.98 Å². The fourth-order valence-corrected chi connectivity index (χ4v) is 3.02. The van der Waals surface area contributed by atoms with Crippen LogP contribution in [0.25, 0.3) is 22.4 Å². The zero-order chi connectivity index (χ0) is 15.0. The third-order valence-corrected chi connectivity index (χ3v) is 3.80. The Kier molecular flexibility index (Phi) is 3.78. The topological polar surface area (TPSA) is 47.1 Å². The summed E-state index contributed by atoms with van der Waals surface area (Å²) < 4.78 is 11.5. The number of nitrogens with zero attached hydrogens (tertiary/aromatic N) is 1. The van der Waals surface area contributed by atoms with Crippen molar-refractivity contribution in [2.45, 2.75) is 0 Å². The Labute approximate surface area is 135 Å². The van der Waals surface area contributed by atoms with Crippen LogP contribution in [0.4, 0.5) is 0 Å². The van der Waals surface area contributed by atoms with Crippen molar-refractivity contribution in [3.05, 3.63) is 39.8 Å². The van der Waals surface area contributed by atoms with Crippen LogP contribution in [0, 0.1) is 0 Å². The fraction of sp³-hybridized carbons (Fsp3) is 0.133. The smallest absolute Gasteiger partial charge is 0.163 e. The van der Waals surface area contributed by atoms with E-state index in [1.165, 1.54) is 0 Å². The summed E-state index contributed by atoms with van der Waals surface area (Å²) in [7, 11) is 3.21. The van der Waals surface area contributed by atoms with Gasteiger partial charge >= 0.3 is 0 Å². The molecular weight excluding hydrogens is 356 g/mol. The van der Waals surface area contributed by atoms with Gasteiger partial charge in [0.05, 0.1) is 25.3 Å². The van der Waals surface area contributed by atoms with Gasteiger partial charge in [0.15, 0.2) is 11.5 Å².